The van der Waals surface area contributed by atoms with E-state index in [0.717, 1.165) is 64.2 Å². The molecule has 0 unspecified atom stereocenters. The summed E-state index contributed by atoms with van der Waals surface area (Å²) in [7, 11) is 1.80. The number of hydrogen-bond donors (Lipinski definition) is 1. The van der Waals surface area contributed by atoms with Crippen LogP contribution in [0.4, 0.5) is 0 Å². The zero-order valence-corrected chi connectivity index (χ0v) is 22.7. The molecule has 198 valence electrons. The van der Waals surface area contributed by atoms with E-state index >= 15 is 0 Å². The molecule has 0 bridgehead atoms. The van der Waals surface area contributed by atoms with Crippen molar-refractivity contribution in [2.75, 3.05) is 13.7 Å². The minimum Gasteiger partial charge on any atom is -0.459 e. The fourth-order valence-corrected chi connectivity index (χ4v) is 10.00. The Hall–Kier alpha value is -0.910. The molecule has 0 heterocycles. The summed E-state index contributed by atoms with van der Waals surface area (Å²) in [5, 5.41) is 11.0. The third-order valence-electron chi connectivity index (χ3n) is 11.8. The highest BCUT2D eigenvalue weighted by Gasteiger charge is 2.66. The third kappa shape index (κ3) is 3.69. The van der Waals surface area contributed by atoms with Crippen LogP contribution in [0.2, 0.25) is 0 Å². The molecule has 0 aromatic rings. The summed E-state index contributed by atoms with van der Waals surface area (Å²) in [4.78, 5) is 12.1. The number of methoxy groups -OCH3 is 1. The molecule has 1 N–H and O–H groups in total. The maximum Gasteiger partial charge on any atom is 0.303 e. The maximum absolute atomic E-state index is 12.1. The van der Waals surface area contributed by atoms with E-state index in [0.29, 0.717) is 23.7 Å². The van der Waals surface area contributed by atoms with Gasteiger partial charge in [0.25, 0.3) is 0 Å². The molecule has 0 amide bonds. The predicted molar refractivity (Wildman–Crippen MR) is 136 cm³/mol. The van der Waals surface area contributed by atoms with E-state index in [4.69, 9.17) is 14.2 Å². The number of fused-ring (bicyclic) bond motifs is 5. The number of hydrogen-bond acceptors (Lipinski definition) is 5. The van der Waals surface area contributed by atoms with Crippen molar-refractivity contribution in [3.63, 3.8) is 0 Å². The van der Waals surface area contributed by atoms with Crippen LogP contribution < -0.4 is 0 Å². The van der Waals surface area contributed by atoms with Gasteiger partial charge in [0.05, 0.1) is 12.7 Å². The number of aliphatic hydroxyl groups is 1. The number of carbonyl (C=O) groups excluding carboxylic acids is 1. The lowest BCUT2D eigenvalue weighted by atomic mass is 9.45. The summed E-state index contributed by atoms with van der Waals surface area (Å²) in [6.07, 6.45) is 15.2. The van der Waals surface area contributed by atoms with Gasteiger partial charge in [-0.25, -0.2) is 0 Å². The fraction of sp³-hybridized carbons (Fsp3) is 0.900. The second-order valence-electron chi connectivity index (χ2n) is 12.8. The maximum atomic E-state index is 12.1. The number of ether oxygens (including phenoxy) is 3. The van der Waals surface area contributed by atoms with Gasteiger partial charge in [0.2, 0.25) is 0 Å². The summed E-state index contributed by atoms with van der Waals surface area (Å²) in [5.41, 5.74) is 1.01. The molecule has 0 aliphatic heterocycles. The first-order valence-electron chi connectivity index (χ1n) is 14.4. The van der Waals surface area contributed by atoms with Crippen LogP contribution in [0.25, 0.3) is 0 Å². The largest absolute Gasteiger partial charge is 0.459 e. The summed E-state index contributed by atoms with van der Waals surface area (Å²) in [6, 6.07) is 0. The van der Waals surface area contributed by atoms with Gasteiger partial charge in [0, 0.05) is 43.6 Å². The van der Waals surface area contributed by atoms with E-state index in [1.54, 1.807) is 14.0 Å². The Balaban J connectivity index is 1.42. The van der Waals surface area contributed by atoms with Gasteiger partial charge in [-0.3, -0.25) is 4.79 Å². The lowest BCUT2D eigenvalue weighted by Crippen LogP contribution is -2.58. The van der Waals surface area contributed by atoms with E-state index in [-0.39, 0.29) is 35.1 Å². The molecular formula is C30H48O5. The van der Waals surface area contributed by atoms with Crippen molar-refractivity contribution in [3.05, 3.63) is 11.6 Å². The molecule has 35 heavy (non-hydrogen) atoms. The number of aliphatic hydroxyl groups excluding tert-OH is 1. The molecule has 5 nitrogen and oxygen atoms in total. The molecule has 0 radical (unpaired) electrons. The van der Waals surface area contributed by atoms with Crippen molar-refractivity contribution in [3.8, 4) is 0 Å². The van der Waals surface area contributed by atoms with E-state index in [2.05, 4.69) is 26.8 Å². The highest BCUT2D eigenvalue weighted by molar-refractivity contribution is 5.66. The van der Waals surface area contributed by atoms with Gasteiger partial charge in [0.15, 0.2) is 5.79 Å². The highest BCUT2D eigenvalue weighted by Crippen LogP contribution is 2.69. The first kappa shape index (κ1) is 25.7. The lowest BCUT2D eigenvalue weighted by molar-refractivity contribution is -0.255. The first-order valence-corrected chi connectivity index (χ1v) is 14.4. The Morgan fingerprint density at radius 1 is 1.09 bits per heavy atom. The molecule has 4 saturated carbocycles. The van der Waals surface area contributed by atoms with E-state index in [1.807, 2.05) is 0 Å². The molecule has 5 heteroatoms. The van der Waals surface area contributed by atoms with Gasteiger partial charge in [-0.05, 0) is 82.0 Å². The van der Waals surface area contributed by atoms with Crippen molar-refractivity contribution >= 4 is 5.97 Å². The molecule has 5 rings (SSSR count). The average Bonchev–Trinajstić information content (AvgIpc) is 3.43. The Kier molecular flexibility index (Phi) is 6.71. The quantitative estimate of drug-likeness (QED) is 0.275. The van der Waals surface area contributed by atoms with Gasteiger partial charge in [-0.2, -0.15) is 0 Å². The lowest BCUT2D eigenvalue weighted by Gasteiger charge is -2.61. The molecule has 0 aromatic heterocycles. The van der Waals surface area contributed by atoms with Crippen LogP contribution in [-0.4, -0.2) is 42.3 Å². The third-order valence-corrected chi connectivity index (χ3v) is 11.8. The zero-order chi connectivity index (χ0) is 25.1. The smallest absolute Gasteiger partial charge is 0.303 e. The Bertz CT molecular complexity index is 846. The van der Waals surface area contributed by atoms with Gasteiger partial charge in [-0.15, -0.1) is 0 Å². The average molecular weight is 489 g/mol. The Morgan fingerprint density at radius 3 is 2.43 bits per heavy atom. The van der Waals surface area contributed by atoms with Crippen molar-refractivity contribution < 1.29 is 24.1 Å². The van der Waals surface area contributed by atoms with E-state index < -0.39 is 5.79 Å². The van der Waals surface area contributed by atoms with Crippen LogP contribution in [0, 0.1) is 34.5 Å². The van der Waals surface area contributed by atoms with Crippen LogP contribution in [0.15, 0.2) is 11.6 Å². The SMILES string of the molecule is CC[C@]1(OC(C)=O)CC[C@H]2[C@@H]3CC=C4[C@H](C)[C@@H](OC5(OC)CCCC5)CC[C@]4(CO)[C@H]3CC[C@@]21C. The molecule has 0 saturated heterocycles. The number of esters is 1. The number of rotatable bonds is 6. The molecule has 4 fully saturated rings. The monoisotopic (exact) mass is 488 g/mol. The van der Waals surface area contributed by atoms with Gasteiger partial charge in [0.1, 0.15) is 5.60 Å². The normalized spacial score (nSPS) is 46.3. The molecule has 0 spiro atoms. The topological polar surface area (TPSA) is 65.0 Å². The minimum absolute atomic E-state index is 0.0236. The molecule has 5 aliphatic rings. The Labute approximate surface area is 212 Å². The fourth-order valence-electron chi connectivity index (χ4n) is 10.00. The predicted octanol–water partition coefficient (Wildman–Crippen LogP) is 6.18. The van der Waals surface area contributed by atoms with Crippen molar-refractivity contribution in [1.29, 1.82) is 0 Å². The highest BCUT2D eigenvalue weighted by atomic mass is 16.7. The summed E-state index contributed by atoms with van der Waals surface area (Å²) < 4.78 is 18.8. The van der Waals surface area contributed by atoms with Gasteiger partial charge < -0.3 is 19.3 Å². The van der Waals surface area contributed by atoms with Crippen LogP contribution in [-0.2, 0) is 19.0 Å². The van der Waals surface area contributed by atoms with Crippen LogP contribution in [0.3, 0.4) is 0 Å². The van der Waals surface area contributed by atoms with E-state index in [9.17, 15) is 9.90 Å². The number of carbonyl (C=O) groups is 1. The van der Waals surface area contributed by atoms with Crippen LogP contribution in [0.1, 0.15) is 105 Å². The Morgan fingerprint density at radius 2 is 1.80 bits per heavy atom. The van der Waals surface area contributed by atoms with Gasteiger partial charge in [-0.1, -0.05) is 32.4 Å². The summed E-state index contributed by atoms with van der Waals surface area (Å²) in [6.45, 7) is 8.72. The first-order chi connectivity index (χ1) is 16.7. The van der Waals surface area contributed by atoms with Crippen molar-refractivity contribution in [2.24, 2.45) is 34.5 Å². The van der Waals surface area contributed by atoms with Crippen LogP contribution >= 0.6 is 0 Å². The van der Waals surface area contributed by atoms with Crippen LogP contribution in [0.5, 0.6) is 0 Å². The summed E-state index contributed by atoms with van der Waals surface area (Å²) >= 11 is 0. The van der Waals surface area contributed by atoms with Crippen molar-refractivity contribution in [2.45, 2.75) is 122 Å². The van der Waals surface area contributed by atoms with E-state index in [1.165, 1.54) is 18.4 Å². The zero-order valence-electron chi connectivity index (χ0n) is 22.7. The summed E-state index contributed by atoms with van der Waals surface area (Å²) in [5.74, 6) is 1.35. The van der Waals surface area contributed by atoms with Crippen molar-refractivity contribution in [1.82, 2.24) is 0 Å². The molecule has 5 aliphatic carbocycles. The second-order valence-corrected chi connectivity index (χ2v) is 12.8. The minimum atomic E-state index is -0.410. The molecular weight excluding hydrogens is 440 g/mol. The standard InChI is InChI=1S/C30H48O5/c1-6-29(34-21(3)32)18-12-24-22-9-10-23-20(2)26(35-30(33-5)14-7-8-15-30)13-17-28(23,19-31)25(22)11-16-27(24,29)4/h10,20,22,24-26,31H,6-9,11-19H2,1-5H3/t20-,22-,24-,25-,26-,27-,28+,29-/m0/s1. The molecule has 8 atom stereocenters. The second kappa shape index (κ2) is 9.13. The number of allylic oxidation sites excluding steroid dienone is 1. The van der Waals surface area contributed by atoms with Gasteiger partial charge >= 0.3 is 5.97 Å². The molecule has 0 aromatic carbocycles.